The highest BCUT2D eigenvalue weighted by Gasteiger charge is 2.39. The highest BCUT2D eigenvalue weighted by Crippen LogP contribution is 2.31. The number of ether oxygens (including phenoxy) is 1. The number of para-hydroxylation sites is 1. The molecule has 0 spiro atoms. The zero-order valence-electron chi connectivity index (χ0n) is 14.2. The zero-order valence-corrected chi connectivity index (χ0v) is 15.0. The number of hydrogen-bond donors (Lipinski definition) is 1. The Labute approximate surface area is 138 Å². The first kappa shape index (κ1) is 17.8. The van der Waals surface area contributed by atoms with Crippen LogP contribution >= 0.6 is 0 Å². The molecule has 1 aliphatic heterocycles. The smallest absolute Gasteiger partial charge is 0.258 e. The van der Waals surface area contributed by atoms with Crippen molar-refractivity contribution in [2.24, 2.45) is 0 Å². The van der Waals surface area contributed by atoms with E-state index in [2.05, 4.69) is 26.1 Å². The molecule has 0 aliphatic carbocycles. The van der Waals surface area contributed by atoms with Crippen LogP contribution in [0.2, 0.25) is 0 Å². The van der Waals surface area contributed by atoms with Crippen molar-refractivity contribution >= 4 is 15.7 Å². The highest BCUT2D eigenvalue weighted by atomic mass is 32.2. The van der Waals surface area contributed by atoms with Gasteiger partial charge in [0.15, 0.2) is 16.4 Å². The second-order valence-corrected chi connectivity index (χ2v) is 9.67. The van der Waals surface area contributed by atoms with E-state index in [4.69, 9.17) is 4.74 Å². The van der Waals surface area contributed by atoms with Crippen molar-refractivity contribution in [2.75, 3.05) is 18.1 Å². The van der Waals surface area contributed by atoms with Crippen LogP contribution in [0.1, 0.15) is 39.7 Å². The summed E-state index contributed by atoms with van der Waals surface area (Å²) in [7, 11) is -3.05. The van der Waals surface area contributed by atoms with E-state index in [1.54, 1.807) is 6.92 Å². The number of amides is 1. The Morgan fingerprint density at radius 2 is 1.96 bits per heavy atom. The maximum absolute atomic E-state index is 12.1. The normalized spacial score (nSPS) is 23.5. The Balaban J connectivity index is 1.98. The molecule has 1 aromatic rings. The van der Waals surface area contributed by atoms with Crippen LogP contribution in [0.5, 0.6) is 5.75 Å². The summed E-state index contributed by atoms with van der Waals surface area (Å²) < 4.78 is 28.8. The minimum atomic E-state index is -3.05. The Morgan fingerprint density at radius 1 is 1.30 bits per heavy atom. The van der Waals surface area contributed by atoms with Gasteiger partial charge in [-0.25, -0.2) is 8.42 Å². The van der Waals surface area contributed by atoms with E-state index in [0.717, 1.165) is 5.56 Å². The maximum atomic E-state index is 12.1. The maximum Gasteiger partial charge on any atom is 0.258 e. The van der Waals surface area contributed by atoms with Gasteiger partial charge in [0.05, 0.1) is 17.0 Å². The van der Waals surface area contributed by atoms with E-state index in [1.807, 2.05) is 24.3 Å². The van der Waals surface area contributed by atoms with Gasteiger partial charge in [-0.15, -0.1) is 0 Å². The largest absolute Gasteiger partial charge is 0.483 e. The van der Waals surface area contributed by atoms with Gasteiger partial charge in [-0.05, 0) is 30.4 Å². The number of hydrogen-bond acceptors (Lipinski definition) is 4. The predicted octanol–water partition coefficient (Wildman–Crippen LogP) is 2.06. The lowest BCUT2D eigenvalue weighted by Crippen LogP contribution is -2.48. The van der Waals surface area contributed by atoms with Gasteiger partial charge < -0.3 is 10.1 Å². The van der Waals surface area contributed by atoms with E-state index in [1.165, 1.54) is 0 Å². The van der Waals surface area contributed by atoms with Gasteiger partial charge in [-0.2, -0.15) is 0 Å². The van der Waals surface area contributed by atoms with Gasteiger partial charge >= 0.3 is 0 Å². The first-order valence-corrected chi connectivity index (χ1v) is 9.57. The summed E-state index contributed by atoms with van der Waals surface area (Å²) in [5.41, 5.74) is 0.254. The third kappa shape index (κ3) is 4.70. The molecule has 1 amide bonds. The van der Waals surface area contributed by atoms with Crippen LogP contribution in [-0.4, -0.2) is 38.0 Å². The molecular weight excluding hydrogens is 314 g/mol. The van der Waals surface area contributed by atoms with E-state index in [9.17, 15) is 13.2 Å². The Bertz CT molecular complexity index is 691. The Morgan fingerprint density at radius 3 is 2.52 bits per heavy atom. The molecule has 5 nitrogen and oxygen atoms in total. The number of nitrogens with one attached hydrogen (secondary N) is 1. The van der Waals surface area contributed by atoms with Crippen LogP contribution in [0.15, 0.2) is 24.3 Å². The van der Waals surface area contributed by atoms with Crippen molar-refractivity contribution < 1.29 is 17.9 Å². The van der Waals surface area contributed by atoms with Crippen molar-refractivity contribution in [3.8, 4) is 5.75 Å². The van der Waals surface area contributed by atoms with Gasteiger partial charge in [0.1, 0.15) is 5.75 Å². The number of carbonyl (C=O) groups excluding carboxylic acids is 1. The van der Waals surface area contributed by atoms with Crippen molar-refractivity contribution in [1.29, 1.82) is 0 Å². The molecule has 1 heterocycles. The molecule has 1 N–H and O–H groups in total. The molecule has 0 aromatic heterocycles. The molecule has 1 atom stereocenters. The number of benzene rings is 1. The number of carbonyl (C=O) groups is 1. The molecular formula is C17H25NO4S. The molecule has 1 aliphatic rings. The summed E-state index contributed by atoms with van der Waals surface area (Å²) in [5.74, 6) is 0.495. The summed E-state index contributed by atoms with van der Waals surface area (Å²) in [4.78, 5) is 12.1. The molecule has 0 saturated carbocycles. The van der Waals surface area contributed by atoms with Crippen molar-refractivity contribution in [2.45, 2.75) is 45.1 Å². The lowest BCUT2D eigenvalue weighted by molar-refractivity contribution is -0.124. The first-order chi connectivity index (χ1) is 10.5. The molecule has 2 rings (SSSR count). The lowest BCUT2D eigenvalue weighted by Gasteiger charge is -2.25. The van der Waals surface area contributed by atoms with Crippen LogP contribution in [0, 0.1) is 0 Å². The monoisotopic (exact) mass is 339 g/mol. The summed E-state index contributed by atoms with van der Waals surface area (Å²) in [6.45, 7) is 7.89. The van der Waals surface area contributed by atoms with Crippen LogP contribution in [0.25, 0.3) is 0 Å². The highest BCUT2D eigenvalue weighted by molar-refractivity contribution is 7.91. The predicted molar refractivity (Wildman–Crippen MR) is 90.5 cm³/mol. The van der Waals surface area contributed by atoms with Gasteiger partial charge in [0.2, 0.25) is 0 Å². The fourth-order valence-corrected chi connectivity index (χ4v) is 4.93. The molecule has 1 saturated heterocycles. The van der Waals surface area contributed by atoms with Crippen LogP contribution in [-0.2, 0) is 20.0 Å². The van der Waals surface area contributed by atoms with E-state index in [-0.39, 0.29) is 29.4 Å². The van der Waals surface area contributed by atoms with Crippen LogP contribution in [0.4, 0.5) is 0 Å². The fourth-order valence-electron chi connectivity index (χ4n) is 2.84. The third-order valence-corrected chi connectivity index (χ3v) is 5.90. The molecule has 1 fully saturated rings. The van der Waals surface area contributed by atoms with Crippen molar-refractivity contribution in [1.82, 2.24) is 5.32 Å². The first-order valence-electron chi connectivity index (χ1n) is 7.75. The minimum Gasteiger partial charge on any atom is -0.483 e. The standard InChI is InChI=1S/C17H25NO4S/c1-16(2,3)13-7-5-6-8-14(13)22-11-15(19)18-17(4)9-10-23(20,21)12-17/h5-8H,9-12H2,1-4H3,(H,18,19). The lowest BCUT2D eigenvalue weighted by atomic mass is 9.86. The van der Waals surface area contributed by atoms with E-state index < -0.39 is 15.4 Å². The summed E-state index contributed by atoms with van der Waals surface area (Å²) in [5, 5.41) is 2.80. The molecule has 1 aromatic carbocycles. The molecule has 0 radical (unpaired) electrons. The van der Waals surface area contributed by atoms with Crippen LogP contribution in [0.3, 0.4) is 0 Å². The quantitative estimate of drug-likeness (QED) is 0.911. The van der Waals surface area contributed by atoms with E-state index >= 15 is 0 Å². The van der Waals surface area contributed by atoms with Gasteiger partial charge in [0.25, 0.3) is 5.91 Å². The van der Waals surface area contributed by atoms with Gasteiger partial charge in [-0.1, -0.05) is 39.0 Å². The van der Waals surface area contributed by atoms with E-state index in [0.29, 0.717) is 12.2 Å². The van der Waals surface area contributed by atoms with Crippen LogP contribution < -0.4 is 10.1 Å². The topological polar surface area (TPSA) is 72.5 Å². The second-order valence-electron chi connectivity index (χ2n) is 7.49. The van der Waals surface area contributed by atoms with Crippen molar-refractivity contribution in [3.63, 3.8) is 0 Å². The Hall–Kier alpha value is -1.56. The average molecular weight is 339 g/mol. The fraction of sp³-hybridized carbons (Fsp3) is 0.588. The zero-order chi connectivity index (χ0) is 17.3. The van der Waals surface area contributed by atoms with Gasteiger partial charge in [0, 0.05) is 0 Å². The molecule has 1 unspecified atom stereocenters. The second kappa shape index (κ2) is 6.15. The molecule has 6 heteroatoms. The molecule has 0 bridgehead atoms. The summed E-state index contributed by atoms with van der Waals surface area (Å²) in [6.07, 6.45) is 0.444. The Kier molecular flexibility index (Phi) is 4.76. The molecule has 128 valence electrons. The third-order valence-electron chi connectivity index (χ3n) is 4.00. The minimum absolute atomic E-state index is 0.00961. The summed E-state index contributed by atoms with van der Waals surface area (Å²) in [6, 6.07) is 7.64. The molecule has 23 heavy (non-hydrogen) atoms. The summed E-state index contributed by atoms with van der Waals surface area (Å²) >= 11 is 0. The van der Waals surface area contributed by atoms with Crippen molar-refractivity contribution in [3.05, 3.63) is 29.8 Å². The number of sulfone groups is 1. The average Bonchev–Trinajstić information content (AvgIpc) is 2.69. The SMILES string of the molecule is CC1(NC(=O)COc2ccccc2C(C)(C)C)CCS(=O)(=O)C1. The van der Waals surface area contributed by atoms with Gasteiger partial charge in [-0.3, -0.25) is 4.79 Å². The number of rotatable bonds is 4.